The van der Waals surface area contributed by atoms with E-state index in [1.54, 1.807) is 12.1 Å². The quantitative estimate of drug-likeness (QED) is 0.491. The van der Waals surface area contributed by atoms with Gasteiger partial charge in [0.1, 0.15) is 0 Å². The first-order valence-electron chi connectivity index (χ1n) is 3.69. The van der Waals surface area contributed by atoms with Crippen LogP contribution in [0.4, 0.5) is 17.1 Å². The minimum Gasteiger partial charge on any atom is -0.399 e. The van der Waals surface area contributed by atoms with Crippen molar-refractivity contribution in [3.8, 4) is 0 Å². The Balaban J connectivity index is 2.44. The molecule has 1 aliphatic heterocycles. The van der Waals surface area contributed by atoms with Gasteiger partial charge < -0.3 is 16.4 Å². The molecule has 1 amide bonds. The Bertz CT molecular complexity index is 335. The number of hydrogen-bond acceptors (Lipinski definition) is 3. The molecule has 12 heavy (non-hydrogen) atoms. The van der Waals surface area contributed by atoms with Crippen LogP contribution in [0.3, 0.4) is 0 Å². The monoisotopic (exact) mass is 163 g/mol. The van der Waals surface area contributed by atoms with E-state index >= 15 is 0 Å². The van der Waals surface area contributed by atoms with E-state index in [0.717, 1.165) is 11.4 Å². The molecule has 0 atom stereocenters. The number of hydrogen-bond donors (Lipinski definition) is 3. The minimum absolute atomic E-state index is 0.0342. The molecule has 0 saturated carbocycles. The number of carbonyl (C=O) groups excluding carboxylic acids is 1. The van der Waals surface area contributed by atoms with Gasteiger partial charge in [-0.15, -0.1) is 0 Å². The lowest BCUT2D eigenvalue weighted by Crippen LogP contribution is -2.27. The van der Waals surface area contributed by atoms with E-state index in [9.17, 15) is 4.79 Å². The Morgan fingerprint density at radius 3 is 3.00 bits per heavy atom. The summed E-state index contributed by atoms with van der Waals surface area (Å²) >= 11 is 0. The van der Waals surface area contributed by atoms with Crippen LogP contribution >= 0.6 is 0 Å². The zero-order valence-corrected chi connectivity index (χ0v) is 6.42. The highest BCUT2D eigenvalue weighted by Crippen LogP contribution is 2.26. The Morgan fingerprint density at radius 1 is 1.33 bits per heavy atom. The molecule has 2 rings (SSSR count). The van der Waals surface area contributed by atoms with Crippen molar-refractivity contribution in [3.05, 3.63) is 18.2 Å². The lowest BCUT2D eigenvalue weighted by molar-refractivity contribution is -0.114. The summed E-state index contributed by atoms with van der Waals surface area (Å²) in [5.41, 5.74) is 7.87. The van der Waals surface area contributed by atoms with Gasteiger partial charge in [-0.25, -0.2) is 0 Å². The highest BCUT2D eigenvalue weighted by Gasteiger charge is 2.12. The summed E-state index contributed by atoms with van der Waals surface area (Å²) in [6.07, 6.45) is 0. The fourth-order valence-electron chi connectivity index (χ4n) is 1.19. The normalized spacial score (nSPS) is 14.5. The summed E-state index contributed by atoms with van der Waals surface area (Å²) in [5, 5.41) is 5.69. The van der Waals surface area contributed by atoms with Crippen LogP contribution in [0.25, 0.3) is 0 Å². The van der Waals surface area contributed by atoms with Crippen molar-refractivity contribution in [2.75, 3.05) is 22.9 Å². The molecule has 1 aromatic carbocycles. The number of benzene rings is 1. The van der Waals surface area contributed by atoms with Gasteiger partial charge >= 0.3 is 0 Å². The molecule has 0 radical (unpaired) electrons. The van der Waals surface area contributed by atoms with Gasteiger partial charge in [-0.1, -0.05) is 0 Å². The number of carbonyl (C=O) groups is 1. The molecule has 0 unspecified atom stereocenters. The van der Waals surface area contributed by atoms with Crippen molar-refractivity contribution < 1.29 is 4.79 Å². The van der Waals surface area contributed by atoms with E-state index in [-0.39, 0.29) is 5.91 Å². The van der Waals surface area contributed by atoms with E-state index in [4.69, 9.17) is 5.73 Å². The maximum atomic E-state index is 10.9. The van der Waals surface area contributed by atoms with E-state index in [0.29, 0.717) is 12.2 Å². The lowest BCUT2D eigenvalue weighted by atomic mass is 10.2. The highest BCUT2D eigenvalue weighted by molar-refractivity contribution is 6.01. The summed E-state index contributed by atoms with van der Waals surface area (Å²) < 4.78 is 0. The third-order valence-corrected chi connectivity index (χ3v) is 1.76. The molecule has 0 aliphatic carbocycles. The zero-order chi connectivity index (χ0) is 8.55. The minimum atomic E-state index is -0.0342. The first-order chi connectivity index (χ1) is 5.75. The van der Waals surface area contributed by atoms with Crippen LogP contribution in [0, 0.1) is 0 Å². The topological polar surface area (TPSA) is 67.1 Å². The molecule has 0 fully saturated rings. The third kappa shape index (κ3) is 1.07. The van der Waals surface area contributed by atoms with Gasteiger partial charge in [-0.05, 0) is 18.2 Å². The Morgan fingerprint density at radius 2 is 2.17 bits per heavy atom. The van der Waals surface area contributed by atoms with Gasteiger partial charge in [0.2, 0.25) is 5.91 Å². The van der Waals surface area contributed by atoms with Gasteiger partial charge in [0.15, 0.2) is 0 Å². The molecule has 0 saturated heterocycles. The maximum Gasteiger partial charge on any atom is 0.243 e. The molecule has 0 spiro atoms. The molecule has 62 valence electrons. The molecule has 4 nitrogen and oxygen atoms in total. The number of fused-ring (bicyclic) bond motifs is 1. The van der Waals surface area contributed by atoms with E-state index in [1.807, 2.05) is 6.07 Å². The second-order valence-electron chi connectivity index (χ2n) is 2.71. The Kier molecular flexibility index (Phi) is 1.40. The molecule has 0 bridgehead atoms. The van der Waals surface area contributed by atoms with Crippen molar-refractivity contribution >= 4 is 23.0 Å². The van der Waals surface area contributed by atoms with Crippen LogP contribution in [0.1, 0.15) is 0 Å². The molecule has 1 aliphatic rings. The van der Waals surface area contributed by atoms with Crippen molar-refractivity contribution in [1.82, 2.24) is 0 Å². The molecular weight excluding hydrogens is 154 g/mol. The molecular formula is C8H9N3O. The fraction of sp³-hybridized carbons (Fsp3) is 0.125. The molecule has 0 aromatic heterocycles. The Labute approximate surface area is 69.8 Å². The number of nitrogens with one attached hydrogen (secondary N) is 2. The average Bonchev–Trinajstić information content (AvgIpc) is 2.03. The summed E-state index contributed by atoms with van der Waals surface area (Å²) in [6.45, 7) is 0.330. The Hall–Kier alpha value is -1.71. The SMILES string of the molecule is Nc1ccc2c(c1)NC(=O)CN2. The van der Waals surface area contributed by atoms with Crippen LogP contribution in [-0.2, 0) is 4.79 Å². The summed E-state index contributed by atoms with van der Waals surface area (Å²) in [5.74, 6) is -0.0342. The number of amides is 1. The van der Waals surface area contributed by atoms with Gasteiger partial charge in [-0.2, -0.15) is 0 Å². The van der Waals surface area contributed by atoms with Crippen molar-refractivity contribution in [1.29, 1.82) is 0 Å². The van der Waals surface area contributed by atoms with Gasteiger partial charge in [0.05, 0.1) is 17.9 Å². The van der Waals surface area contributed by atoms with Crippen LogP contribution in [0.5, 0.6) is 0 Å². The number of anilines is 3. The van der Waals surface area contributed by atoms with Gasteiger partial charge in [0, 0.05) is 5.69 Å². The summed E-state index contributed by atoms with van der Waals surface area (Å²) in [7, 11) is 0. The van der Waals surface area contributed by atoms with Crippen molar-refractivity contribution in [2.24, 2.45) is 0 Å². The molecule has 1 heterocycles. The van der Waals surface area contributed by atoms with Crippen molar-refractivity contribution in [2.45, 2.75) is 0 Å². The third-order valence-electron chi connectivity index (χ3n) is 1.76. The first-order valence-corrected chi connectivity index (χ1v) is 3.69. The second kappa shape index (κ2) is 2.41. The average molecular weight is 163 g/mol. The predicted octanol–water partition coefficient (Wildman–Crippen LogP) is 0.633. The van der Waals surface area contributed by atoms with Gasteiger partial charge in [0.25, 0.3) is 0 Å². The van der Waals surface area contributed by atoms with Crippen LogP contribution < -0.4 is 16.4 Å². The van der Waals surface area contributed by atoms with Crippen molar-refractivity contribution in [3.63, 3.8) is 0 Å². The summed E-state index contributed by atoms with van der Waals surface area (Å²) in [6, 6.07) is 5.38. The molecule has 1 aromatic rings. The predicted molar refractivity (Wildman–Crippen MR) is 48.0 cm³/mol. The molecule has 4 heteroatoms. The fourth-order valence-corrected chi connectivity index (χ4v) is 1.19. The smallest absolute Gasteiger partial charge is 0.243 e. The number of rotatable bonds is 0. The van der Waals surface area contributed by atoms with Crippen LogP contribution in [-0.4, -0.2) is 12.5 Å². The van der Waals surface area contributed by atoms with E-state index in [1.165, 1.54) is 0 Å². The maximum absolute atomic E-state index is 10.9. The standard InChI is InChI=1S/C8H9N3O/c9-5-1-2-6-7(3-5)11-8(12)4-10-6/h1-3,10H,4,9H2,(H,11,12). The first kappa shape index (κ1) is 6.97. The second-order valence-corrected chi connectivity index (χ2v) is 2.71. The lowest BCUT2D eigenvalue weighted by Gasteiger charge is -2.18. The zero-order valence-electron chi connectivity index (χ0n) is 6.42. The van der Waals surface area contributed by atoms with Gasteiger partial charge in [-0.3, -0.25) is 4.79 Å². The number of nitrogen functional groups attached to an aromatic ring is 1. The number of nitrogens with two attached hydrogens (primary N) is 1. The van der Waals surface area contributed by atoms with Crippen LogP contribution in [0.15, 0.2) is 18.2 Å². The van der Waals surface area contributed by atoms with E-state index < -0.39 is 0 Å². The summed E-state index contributed by atoms with van der Waals surface area (Å²) in [4.78, 5) is 10.9. The van der Waals surface area contributed by atoms with Crippen LogP contribution in [0.2, 0.25) is 0 Å². The molecule has 4 N–H and O–H groups in total. The van der Waals surface area contributed by atoms with E-state index in [2.05, 4.69) is 10.6 Å². The highest BCUT2D eigenvalue weighted by atomic mass is 16.2. The largest absolute Gasteiger partial charge is 0.399 e.